The molecule has 0 unspecified atom stereocenters. The van der Waals surface area contributed by atoms with Gasteiger partial charge in [-0.2, -0.15) is 0 Å². The molecule has 0 amide bonds. The zero-order chi connectivity index (χ0) is 16.8. The van der Waals surface area contributed by atoms with E-state index in [1.54, 1.807) is 7.11 Å². The first kappa shape index (κ1) is 18.2. The van der Waals surface area contributed by atoms with Crippen LogP contribution in [0.1, 0.15) is 47.1 Å². The molecule has 2 nitrogen and oxygen atoms in total. The average Bonchev–Trinajstić information content (AvgIpc) is 2.40. The number of hydrogen-bond donors (Lipinski definition) is 0. The van der Waals surface area contributed by atoms with Gasteiger partial charge in [-0.25, -0.2) is 0 Å². The average molecular weight is 299 g/mol. The van der Waals surface area contributed by atoms with E-state index in [0.717, 1.165) is 11.3 Å². The Morgan fingerprint density at radius 1 is 1.00 bits per heavy atom. The van der Waals surface area contributed by atoms with Crippen LogP contribution in [0.15, 0.2) is 47.0 Å². The van der Waals surface area contributed by atoms with E-state index in [0.29, 0.717) is 0 Å². The molecule has 1 aromatic carbocycles. The molecular formula is C20H29NO. The third-order valence-corrected chi connectivity index (χ3v) is 3.15. The van der Waals surface area contributed by atoms with Gasteiger partial charge in [-0.15, -0.1) is 0 Å². The van der Waals surface area contributed by atoms with Crippen molar-refractivity contribution >= 4 is 12.3 Å². The number of allylic oxidation sites excluding steroid dienone is 3. The maximum Gasteiger partial charge on any atom is 0.118 e. The second-order valence-corrected chi connectivity index (χ2v) is 7.43. The molecule has 1 rings (SSSR count). The number of rotatable bonds is 4. The quantitative estimate of drug-likeness (QED) is 0.527. The fourth-order valence-electron chi connectivity index (χ4n) is 1.80. The number of benzene rings is 1. The zero-order valence-electron chi connectivity index (χ0n) is 15.0. The highest BCUT2D eigenvalue weighted by Crippen LogP contribution is 2.27. The maximum absolute atomic E-state index is 5.18. The second-order valence-electron chi connectivity index (χ2n) is 7.43. The molecule has 0 spiro atoms. The van der Waals surface area contributed by atoms with Crippen molar-refractivity contribution < 1.29 is 4.74 Å². The van der Waals surface area contributed by atoms with Crippen LogP contribution < -0.4 is 4.74 Å². The van der Waals surface area contributed by atoms with Gasteiger partial charge < -0.3 is 4.74 Å². The fraction of sp³-hybridized carbons (Fsp3) is 0.450. The van der Waals surface area contributed by atoms with Crippen molar-refractivity contribution in [2.45, 2.75) is 47.1 Å². The maximum atomic E-state index is 5.18. The summed E-state index contributed by atoms with van der Waals surface area (Å²) in [6.07, 6.45) is 8.31. The SMILES string of the molecule is COc1ccc(/C=C/C(=C\C=NC(C)(C)C)C(C)(C)C)cc1. The van der Waals surface area contributed by atoms with Gasteiger partial charge >= 0.3 is 0 Å². The molecule has 0 saturated carbocycles. The lowest BCUT2D eigenvalue weighted by Gasteiger charge is -2.20. The molecule has 2 heteroatoms. The molecule has 0 saturated heterocycles. The summed E-state index contributed by atoms with van der Waals surface area (Å²) in [4.78, 5) is 4.54. The van der Waals surface area contributed by atoms with Gasteiger partial charge in [-0.05, 0) is 55.5 Å². The minimum atomic E-state index is -0.0425. The smallest absolute Gasteiger partial charge is 0.118 e. The topological polar surface area (TPSA) is 21.6 Å². The van der Waals surface area contributed by atoms with Crippen LogP contribution in [-0.2, 0) is 0 Å². The van der Waals surface area contributed by atoms with E-state index in [1.165, 1.54) is 5.57 Å². The first-order valence-electron chi connectivity index (χ1n) is 7.70. The van der Waals surface area contributed by atoms with E-state index in [9.17, 15) is 0 Å². The van der Waals surface area contributed by atoms with Gasteiger partial charge in [0.2, 0.25) is 0 Å². The Labute approximate surface area is 135 Å². The lowest BCUT2D eigenvalue weighted by molar-refractivity contribution is 0.415. The Hall–Kier alpha value is -1.83. The van der Waals surface area contributed by atoms with Gasteiger partial charge in [-0.1, -0.05) is 45.1 Å². The van der Waals surface area contributed by atoms with Crippen molar-refractivity contribution in [3.63, 3.8) is 0 Å². The Morgan fingerprint density at radius 2 is 1.59 bits per heavy atom. The van der Waals surface area contributed by atoms with E-state index >= 15 is 0 Å². The standard InChI is InChI=1S/C20H29NO/c1-19(2,3)17(14-15-21-20(4,5)6)11-8-16-9-12-18(22-7)13-10-16/h8-15H,1-7H3/b11-8+,17-14+,21-15?. The van der Waals surface area contributed by atoms with E-state index < -0.39 is 0 Å². The van der Waals surface area contributed by atoms with Crippen LogP contribution in [0.25, 0.3) is 6.08 Å². The number of ether oxygens (including phenoxy) is 1. The highest BCUT2D eigenvalue weighted by Gasteiger charge is 2.14. The van der Waals surface area contributed by atoms with Crippen LogP contribution in [0.4, 0.5) is 0 Å². The molecule has 0 aliphatic carbocycles. The molecule has 0 heterocycles. The number of aliphatic imine (C=N–C) groups is 1. The molecular weight excluding hydrogens is 270 g/mol. The van der Waals surface area contributed by atoms with Crippen molar-refractivity contribution in [1.29, 1.82) is 0 Å². The summed E-state index contributed by atoms with van der Waals surface area (Å²) in [5.41, 5.74) is 2.44. The van der Waals surface area contributed by atoms with Gasteiger partial charge in [0.25, 0.3) is 0 Å². The Balaban J connectivity index is 2.96. The highest BCUT2D eigenvalue weighted by molar-refractivity contribution is 5.74. The summed E-state index contributed by atoms with van der Waals surface area (Å²) in [7, 11) is 1.68. The summed E-state index contributed by atoms with van der Waals surface area (Å²) in [6.45, 7) is 12.9. The number of methoxy groups -OCH3 is 1. The molecule has 1 aromatic rings. The second kappa shape index (κ2) is 7.44. The van der Waals surface area contributed by atoms with Gasteiger partial charge in [0.15, 0.2) is 0 Å². The third-order valence-electron chi connectivity index (χ3n) is 3.15. The molecule has 0 atom stereocenters. The first-order valence-corrected chi connectivity index (χ1v) is 7.70. The molecule has 22 heavy (non-hydrogen) atoms. The van der Waals surface area contributed by atoms with Crippen molar-refractivity contribution in [1.82, 2.24) is 0 Å². The predicted octanol–water partition coefficient (Wildman–Crippen LogP) is 5.55. The monoisotopic (exact) mass is 299 g/mol. The predicted molar refractivity (Wildman–Crippen MR) is 97.8 cm³/mol. The molecule has 0 fully saturated rings. The molecule has 0 aliphatic rings. The van der Waals surface area contributed by atoms with Crippen molar-refractivity contribution in [3.8, 4) is 5.75 Å². The normalized spacial score (nSPS) is 14.0. The van der Waals surface area contributed by atoms with Crippen LogP contribution in [-0.4, -0.2) is 18.9 Å². The van der Waals surface area contributed by atoms with E-state index in [2.05, 4.69) is 76.9 Å². The molecule has 0 radical (unpaired) electrons. The van der Waals surface area contributed by atoms with E-state index in [-0.39, 0.29) is 11.0 Å². The molecule has 0 bridgehead atoms. The van der Waals surface area contributed by atoms with Crippen molar-refractivity contribution in [2.24, 2.45) is 10.4 Å². The Bertz CT molecular complexity index is 549. The molecule has 0 aromatic heterocycles. The summed E-state index contributed by atoms with van der Waals surface area (Å²) in [5.74, 6) is 0.876. The van der Waals surface area contributed by atoms with E-state index in [1.807, 2.05) is 18.3 Å². The summed E-state index contributed by atoms with van der Waals surface area (Å²) >= 11 is 0. The molecule has 0 aliphatic heterocycles. The lowest BCUT2D eigenvalue weighted by atomic mass is 9.85. The Kier molecular flexibility index (Phi) is 6.16. The van der Waals surface area contributed by atoms with Crippen LogP contribution in [0.3, 0.4) is 0 Å². The van der Waals surface area contributed by atoms with Gasteiger partial charge in [0.1, 0.15) is 5.75 Å². The lowest BCUT2D eigenvalue weighted by Crippen LogP contribution is -2.10. The summed E-state index contributed by atoms with van der Waals surface area (Å²) in [6, 6.07) is 8.06. The molecule has 120 valence electrons. The van der Waals surface area contributed by atoms with E-state index in [4.69, 9.17) is 4.74 Å². The van der Waals surface area contributed by atoms with Crippen LogP contribution in [0, 0.1) is 5.41 Å². The highest BCUT2D eigenvalue weighted by atomic mass is 16.5. The van der Waals surface area contributed by atoms with Crippen LogP contribution in [0.2, 0.25) is 0 Å². The number of hydrogen-bond acceptors (Lipinski definition) is 2. The third kappa shape index (κ3) is 6.75. The first-order chi connectivity index (χ1) is 10.1. The van der Waals surface area contributed by atoms with Crippen LogP contribution in [0.5, 0.6) is 5.75 Å². The van der Waals surface area contributed by atoms with Crippen LogP contribution >= 0.6 is 0 Å². The number of nitrogens with zero attached hydrogens (tertiary/aromatic N) is 1. The summed E-state index contributed by atoms with van der Waals surface area (Å²) in [5, 5.41) is 0. The summed E-state index contributed by atoms with van der Waals surface area (Å²) < 4.78 is 5.18. The van der Waals surface area contributed by atoms with Gasteiger partial charge in [0.05, 0.1) is 12.6 Å². The molecule has 0 N–H and O–H groups in total. The van der Waals surface area contributed by atoms with Gasteiger partial charge in [-0.3, -0.25) is 4.99 Å². The van der Waals surface area contributed by atoms with Gasteiger partial charge in [0, 0.05) is 6.21 Å². The Morgan fingerprint density at radius 3 is 2.05 bits per heavy atom. The zero-order valence-corrected chi connectivity index (χ0v) is 15.0. The minimum absolute atomic E-state index is 0.0425. The largest absolute Gasteiger partial charge is 0.497 e. The minimum Gasteiger partial charge on any atom is -0.497 e. The van der Waals surface area contributed by atoms with Crippen molar-refractivity contribution in [2.75, 3.05) is 7.11 Å². The van der Waals surface area contributed by atoms with Crippen molar-refractivity contribution in [3.05, 3.63) is 47.6 Å². The fourth-order valence-corrected chi connectivity index (χ4v) is 1.80.